The minimum Gasteiger partial charge on any atom is -0.475 e. The Morgan fingerprint density at radius 2 is 1.74 bits per heavy atom. The monoisotopic (exact) mass is 471 g/mol. The number of carbonyl (C=O) groups is 2. The number of aliphatic carboxylic acids is 1. The number of halogens is 3. The number of amides is 1. The van der Waals surface area contributed by atoms with E-state index in [-0.39, 0.29) is 5.91 Å². The molecule has 0 aliphatic heterocycles. The summed E-state index contributed by atoms with van der Waals surface area (Å²) >= 11 is 0. The van der Waals surface area contributed by atoms with Crippen LogP contribution in [0.2, 0.25) is 0 Å². The predicted octanol–water partition coefficient (Wildman–Crippen LogP) is 4.50. The van der Waals surface area contributed by atoms with Gasteiger partial charge in [0.05, 0.1) is 17.3 Å². The molecule has 1 amide bonds. The summed E-state index contributed by atoms with van der Waals surface area (Å²) in [7, 11) is 0. The Kier molecular flexibility index (Phi) is 7.80. The molecule has 2 aromatic heterocycles. The first-order chi connectivity index (χ1) is 16.2. The number of benzene rings is 2. The number of anilines is 2. The third-order valence-electron chi connectivity index (χ3n) is 4.53. The number of carboxylic acids is 1. The van der Waals surface area contributed by atoms with Gasteiger partial charge in [-0.05, 0) is 42.3 Å². The zero-order valence-corrected chi connectivity index (χ0v) is 17.6. The largest absolute Gasteiger partial charge is 0.490 e. The highest BCUT2D eigenvalue weighted by Gasteiger charge is 2.38. The maximum absolute atomic E-state index is 12.4. The molecule has 0 aliphatic rings. The van der Waals surface area contributed by atoms with Crippen molar-refractivity contribution in [3.05, 3.63) is 84.2 Å². The van der Waals surface area contributed by atoms with E-state index in [2.05, 4.69) is 37.9 Å². The molecule has 4 aromatic rings. The SMILES string of the molecule is O=C(Nc1ccc2[nH]ncc2c1)c1ccc(NCCc2ccccc2)nc1.O=C(O)C(F)(F)F. The van der Waals surface area contributed by atoms with Gasteiger partial charge >= 0.3 is 12.1 Å². The van der Waals surface area contributed by atoms with Crippen LogP contribution < -0.4 is 10.6 Å². The van der Waals surface area contributed by atoms with Crippen molar-refractivity contribution in [3.63, 3.8) is 0 Å². The molecular weight excluding hydrogens is 451 g/mol. The average molecular weight is 471 g/mol. The molecule has 0 saturated carbocycles. The summed E-state index contributed by atoms with van der Waals surface area (Å²) in [5, 5.41) is 21.1. The summed E-state index contributed by atoms with van der Waals surface area (Å²) in [6.07, 6.45) is -0.861. The number of nitrogens with zero attached hydrogens (tertiary/aromatic N) is 2. The lowest BCUT2D eigenvalue weighted by Crippen LogP contribution is -2.21. The standard InChI is InChI=1S/C21H19N5O.C2HF3O2/c27-21(25-18-7-8-19-17(12-18)14-24-26-19)16-6-9-20(23-13-16)22-11-10-15-4-2-1-3-5-15;3-2(4,5)1(6)7/h1-9,12-14H,10-11H2,(H,22,23)(H,24,26)(H,25,27);(H,6,7). The molecule has 176 valence electrons. The van der Waals surface area contributed by atoms with E-state index in [0.29, 0.717) is 5.56 Å². The Morgan fingerprint density at radius 3 is 2.38 bits per heavy atom. The van der Waals surface area contributed by atoms with Crippen LogP contribution in [0.15, 0.2) is 73.1 Å². The van der Waals surface area contributed by atoms with Crippen LogP contribution in [0.4, 0.5) is 24.7 Å². The lowest BCUT2D eigenvalue weighted by Gasteiger charge is -2.08. The molecule has 11 heteroatoms. The van der Waals surface area contributed by atoms with Crippen molar-refractivity contribution in [2.24, 2.45) is 0 Å². The Bertz CT molecular complexity index is 1240. The van der Waals surface area contributed by atoms with Crippen LogP contribution in [0.25, 0.3) is 10.9 Å². The van der Waals surface area contributed by atoms with Crippen molar-refractivity contribution in [2.45, 2.75) is 12.6 Å². The minimum absolute atomic E-state index is 0.193. The van der Waals surface area contributed by atoms with E-state index < -0.39 is 12.1 Å². The highest BCUT2D eigenvalue weighted by molar-refractivity contribution is 6.05. The summed E-state index contributed by atoms with van der Waals surface area (Å²) in [4.78, 5) is 25.6. The molecule has 0 bridgehead atoms. The number of pyridine rings is 1. The normalized spacial score (nSPS) is 10.8. The Hall–Kier alpha value is -4.41. The van der Waals surface area contributed by atoms with Crippen molar-refractivity contribution in [1.29, 1.82) is 0 Å². The van der Waals surface area contributed by atoms with Gasteiger partial charge in [0, 0.05) is 23.8 Å². The zero-order valence-electron chi connectivity index (χ0n) is 17.6. The fourth-order valence-electron chi connectivity index (χ4n) is 2.84. The van der Waals surface area contributed by atoms with Gasteiger partial charge < -0.3 is 15.7 Å². The van der Waals surface area contributed by atoms with E-state index in [1.54, 1.807) is 18.5 Å². The smallest absolute Gasteiger partial charge is 0.475 e. The van der Waals surface area contributed by atoms with Crippen LogP contribution in [-0.4, -0.2) is 44.9 Å². The van der Waals surface area contributed by atoms with Crippen molar-refractivity contribution >= 4 is 34.3 Å². The molecular formula is C23H20F3N5O3. The molecule has 8 nitrogen and oxygen atoms in total. The lowest BCUT2D eigenvalue weighted by atomic mass is 10.1. The Balaban J connectivity index is 0.000000406. The average Bonchev–Trinajstić information content (AvgIpc) is 3.28. The van der Waals surface area contributed by atoms with Crippen LogP contribution in [0, 0.1) is 0 Å². The molecule has 0 aliphatic carbocycles. The van der Waals surface area contributed by atoms with Crippen LogP contribution in [0.3, 0.4) is 0 Å². The second-order valence-corrected chi connectivity index (χ2v) is 7.02. The van der Waals surface area contributed by atoms with Crippen LogP contribution in [0.1, 0.15) is 15.9 Å². The maximum Gasteiger partial charge on any atom is 0.490 e. The Labute approximate surface area is 191 Å². The van der Waals surface area contributed by atoms with Gasteiger partial charge in [0.25, 0.3) is 5.91 Å². The number of nitrogens with one attached hydrogen (secondary N) is 3. The van der Waals surface area contributed by atoms with E-state index in [4.69, 9.17) is 9.90 Å². The van der Waals surface area contributed by atoms with E-state index >= 15 is 0 Å². The summed E-state index contributed by atoms with van der Waals surface area (Å²) < 4.78 is 31.7. The van der Waals surface area contributed by atoms with Crippen LogP contribution in [-0.2, 0) is 11.2 Å². The molecule has 2 heterocycles. The van der Waals surface area contributed by atoms with Crippen molar-refractivity contribution in [2.75, 3.05) is 17.2 Å². The van der Waals surface area contributed by atoms with E-state index in [0.717, 1.165) is 35.4 Å². The number of aromatic nitrogens is 3. The highest BCUT2D eigenvalue weighted by atomic mass is 19.4. The number of hydrogen-bond acceptors (Lipinski definition) is 5. The molecule has 0 saturated heterocycles. The number of rotatable bonds is 6. The first kappa shape index (κ1) is 24.2. The first-order valence-electron chi connectivity index (χ1n) is 10.0. The predicted molar refractivity (Wildman–Crippen MR) is 121 cm³/mol. The number of hydrogen-bond donors (Lipinski definition) is 4. The van der Waals surface area contributed by atoms with E-state index in [9.17, 15) is 18.0 Å². The molecule has 0 fully saturated rings. The molecule has 0 radical (unpaired) electrons. The van der Waals surface area contributed by atoms with Gasteiger partial charge in [0.1, 0.15) is 5.82 Å². The fourth-order valence-corrected chi connectivity index (χ4v) is 2.84. The number of aromatic amines is 1. The van der Waals surface area contributed by atoms with Gasteiger partial charge in [-0.1, -0.05) is 30.3 Å². The van der Waals surface area contributed by atoms with Gasteiger partial charge in [-0.3, -0.25) is 9.89 Å². The van der Waals surface area contributed by atoms with Gasteiger partial charge in [-0.2, -0.15) is 18.3 Å². The van der Waals surface area contributed by atoms with Gasteiger partial charge in [-0.15, -0.1) is 0 Å². The minimum atomic E-state index is -5.08. The third kappa shape index (κ3) is 7.05. The molecule has 0 spiro atoms. The highest BCUT2D eigenvalue weighted by Crippen LogP contribution is 2.18. The third-order valence-corrected chi connectivity index (χ3v) is 4.53. The number of fused-ring (bicyclic) bond motifs is 1. The van der Waals surface area contributed by atoms with Crippen molar-refractivity contribution in [1.82, 2.24) is 15.2 Å². The van der Waals surface area contributed by atoms with Gasteiger partial charge in [-0.25, -0.2) is 9.78 Å². The zero-order chi connectivity index (χ0) is 24.6. The van der Waals surface area contributed by atoms with Gasteiger partial charge in [0.15, 0.2) is 0 Å². The summed E-state index contributed by atoms with van der Waals surface area (Å²) in [6.45, 7) is 0.785. The summed E-state index contributed by atoms with van der Waals surface area (Å²) in [5.74, 6) is -2.20. The molecule has 4 rings (SSSR count). The maximum atomic E-state index is 12.4. The molecule has 0 unspecified atom stereocenters. The van der Waals surface area contributed by atoms with E-state index in [1.807, 2.05) is 42.5 Å². The fraction of sp³-hybridized carbons (Fsp3) is 0.130. The quantitative estimate of drug-likeness (QED) is 0.329. The second kappa shape index (κ2) is 10.9. The number of carbonyl (C=O) groups excluding carboxylic acids is 1. The van der Waals surface area contributed by atoms with Crippen LogP contribution >= 0.6 is 0 Å². The molecule has 34 heavy (non-hydrogen) atoms. The first-order valence-corrected chi connectivity index (χ1v) is 10.0. The van der Waals surface area contributed by atoms with Crippen molar-refractivity contribution < 1.29 is 27.9 Å². The summed E-state index contributed by atoms with van der Waals surface area (Å²) in [5.41, 5.74) is 3.44. The summed E-state index contributed by atoms with van der Waals surface area (Å²) in [6, 6.07) is 19.5. The topological polar surface area (TPSA) is 120 Å². The second-order valence-electron chi connectivity index (χ2n) is 7.02. The van der Waals surface area contributed by atoms with E-state index in [1.165, 1.54) is 5.56 Å². The lowest BCUT2D eigenvalue weighted by molar-refractivity contribution is -0.192. The van der Waals surface area contributed by atoms with Gasteiger partial charge in [0.2, 0.25) is 0 Å². The Morgan fingerprint density at radius 1 is 1.00 bits per heavy atom. The van der Waals surface area contributed by atoms with Crippen molar-refractivity contribution in [3.8, 4) is 0 Å². The molecule has 0 atom stereocenters. The number of H-pyrrole nitrogens is 1. The molecule has 2 aromatic carbocycles. The molecule has 4 N–H and O–H groups in total. The number of carboxylic acid groups (broad SMARTS) is 1. The number of alkyl halides is 3. The van der Waals surface area contributed by atoms with Crippen LogP contribution in [0.5, 0.6) is 0 Å².